The van der Waals surface area contributed by atoms with E-state index in [1.807, 2.05) is 18.2 Å². The van der Waals surface area contributed by atoms with Crippen molar-refractivity contribution in [2.45, 2.75) is 20.0 Å². The summed E-state index contributed by atoms with van der Waals surface area (Å²) in [4.78, 5) is 43.5. The molecular formula is C24H21N3O4. The Labute approximate surface area is 179 Å². The Hall–Kier alpha value is -4.00. The number of aromatic nitrogens is 1. The highest BCUT2D eigenvalue weighted by molar-refractivity contribution is 6.13. The van der Waals surface area contributed by atoms with E-state index in [4.69, 9.17) is 4.74 Å². The summed E-state index contributed by atoms with van der Waals surface area (Å²) in [6.45, 7) is 2.91. The molecule has 0 saturated heterocycles. The lowest BCUT2D eigenvalue weighted by Crippen LogP contribution is -2.25. The maximum atomic E-state index is 13.0. The molecule has 4 rings (SSSR count). The third kappa shape index (κ3) is 4.30. The largest absolute Gasteiger partial charge is 0.462 e. The highest BCUT2D eigenvalue weighted by Gasteiger charge is 2.31. The monoisotopic (exact) mass is 415 g/mol. The van der Waals surface area contributed by atoms with Crippen LogP contribution >= 0.6 is 0 Å². The Balaban J connectivity index is 1.51. The fraction of sp³-hybridized carbons (Fsp3) is 0.167. The number of benzene rings is 2. The van der Waals surface area contributed by atoms with Crippen molar-refractivity contribution < 1.29 is 19.1 Å². The molecule has 156 valence electrons. The first-order valence-electron chi connectivity index (χ1n) is 9.95. The second-order valence-corrected chi connectivity index (χ2v) is 7.11. The van der Waals surface area contributed by atoms with E-state index in [0.29, 0.717) is 42.1 Å². The summed E-state index contributed by atoms with van der Waals surface area (Å²) in [5.41, 5.74) is 3.42. The van der Waals surface area contributed by atoms with Crippen LogP contribution < -0.4 is 5.32 Å². The van der Waals surface area contributed by atoms with Crippen LogP contribution in [0.15, 0.2) is 67.0 Å². The van der Waals surface area contributed by atoms with Crippen molar-refractivity contribution in [3.8, 4) is 0 Å². The number of hydrogen-bond donors (Lipinski definition) is 1. The Morgan fingerprint density at radius 3 is 2.61 bits per heavy atom. The molecule has 0 bridgehead atoms. The van der Waals surface area contributed by atoms with Gasteiger partial charge in [0.1, 0.15) is 0 Å². The molecule has 1 N–H and O–H groups in total. The predicted octanol–water partition coefficient (Wildman–Crippen LogP) is 3.67. The number of hydrogen-bond acceptors (Lipinski definition) is 5. The van der Waals surface area contributed by atoms with Gasteiger partial charge in [0.05, 0.1) is 23.3 Å². The molecule has 2 heterocycles. The lowest BCUT2D eigenvalue weighted by Gasteiger charge is -2.15. The highest BCUT2D eigenvalue weighted by atomic mass is 16.5. The van der Waals surface area contributed by atoms with E-state index in [9.17, 15) is 14.4 Å². The summed E-state index contributed by atoms with van der Waals surface area (Å²) in [5, 5.41) is 2.80. The molecule has 0 fully saturated rings. The van der Waals surface area contributed by atoms with Crippen LogP contribution in [-0.2, 0) is 17.8 Å². The van der Waals surface area contributed by atoms with Crippen molar-refractivity contribution >= 4 is 23.5 Å². The van der Waals surface area contributed by atoms with Gasteiger partial charge in [-0.2, -0.15) is 0 Å². The predicted molar refractivity (Wildman–Crippen MR) is 115 cm³/mol. The molecule has 2 amide bonds. The van der Waals surface area contributed by atoms with Crippen molar-refractivity contribution in [2.24, 2.45) is 0 Å². The number of ether oxygens (including phenoxy) is 1. The van der Waals surface area contributed by atoms with Gasteiger partial charge in [0.25, 0.3) is 11.8 Å². The molecule has 0 atom stereocenters. The summed E-state index contributed by atoms with van der Waals surface area (Å²) >= 11 is 0. The van der Waals surface area contributed by atoms with E-state index in [-0.39, 0.29) is 11.8 Å². The van der Waals surface area contributed by atoms with E-state index in [0.717, 1.165) is 11.1 Å². The molecule has 31 heavy (non-hydrogen) atoms. The summed E-state index contributed by atoms with van der Waals surface area (Å²) in [5.74, 6) is -0.972. The SMILES string of the molecule is CCOC(=O)c1ccc(NC(=O)c2cccc3c2C(=O)N(Cc2cccnc2)C3)cc1. The van der Waals surface area contributed by atoms with E-state index in [1.165, 1.54) is 0 Å². The molecule has 1 aromatic heterocycles. The lowest BCUT2D eigenvalue weighted by molar-refractivity contribution is 0.0526. The van der Waals surface area contributed by atoms with Crippen LogP contribution in [0.25, 0.3) is 0 Å². The normalized spacial score (nSPS) is 12.4. The van der Waals surface area contributed by atoms with Crippen LogP contribution in [0, 0.1) is 0 Å². The van der Waals surface area contributed by atoms with Crippen molar-refractivity contribution in [1.82, 2.24) is 9.88 Å². The van der Waals surface area contributed by atoms with Crippen molar-refractivity contribution in [1.29, 1.82) is 0 Å². The molecule has 3 aromatic rings. The van der Waals surface area contributed by atoms with Crippen LogP contribution in [0.3, 0.4) is 0 Å². The quantitative estimate of drug-likeness (QED) is 0.621. The Kier molecular flexibility index (Phi) is 5.75. The van der Waals surface area contributed by atoms with Gasteiger partial charge in [0.2, 0.25) is 0 Å². The van der Waals surface area contributed by atoms with Gasteiger partial charge in [0, 0.05) is 31.2 Å². The van der Waals surface area contributed by atoms with Crippen LogP contribution in [-0.4, -0.2) is 34.3 Å². The number of esters is 1. The smallest absolute Gasteiger partial charge is 0.338 e. The maximum Gasteiger partial charge on any atom is 0.338 e. The molecule has 7 heteroatoms. The second-order valence-electron chi connectivity index (χ2n) is 7.11. The van der Waals surface area contributed by atoms with E-state index in [1.54, 1.807) is 60.6 Å². The number of carbonyl (C=O) groups is 3. The van der Waals surface area contributed by atoms with Gasteiger partial charge in [-0.05, 0) is 54.4 Å². The standard InChI is InChI=1S/C24H21N3O4/c1-2-31-24(30)17-8-10-19(11-9-17)26-22(28)20-7-3-6-18-15-27(23(29)21(18)20)14-16-5-4-12-25-13-16/h3-13H,2,14-15H2,1H3,(H,26,28). The number of pyridine rings is 1. The van der Waals surface area contributed by atoms with E-state index in [2.05, 4.69) is 10.3 Å². The summed E-state index contributed by atoms with van der Waals surface area (Å²) in [6.07, 6.45) is 3.41. The van der Waals surface area contributed by atoms with Crippen LogP contribution in [0.2, 0.25) is 0 Å². The third-order valence-corrected chi connectivity index (χ3v) is 5.01. The zero-order valence-corrected chi connectivity index (χ0v) is 17.0. The number of anilines is 1. The van der Waals surface area contributed by atoms with Crippen molar-refractivity contribution in [3.05, 3.63) is 94.8 Å². The first kappa shape index (κ1) is 20.3. The molecule has 0 radical (unpaired) electrons. The average molecular weight is 415 g/mol. The van der Waals surface area contributed by atoms with Crippen LogP contribution in [0.5, 0.6) is 0 Å². The second kappa shape index (κ2) is 8.79. The van der Waals surface area contributed by atoms with Gasteiger partial charge >= 0.3 is 5.97 Å². The zero-order valence-electron chi connectivity index (χ0n) is 17.0. The number of amides is 2. The molecule has 0 saturated carbocycles. The van der Waals surface area contributed by atoms with Crippen molar-refractivity contribution in [2.75, 3.05) is 11.9 Å². The minimum absolute atomic E-state index is 0.178. The summed E-state index contributed by atoms with van der Waals surface area (Å²) in [7, 11) is 0. The minimum Gasteiger partial charge on any atom is -0.462 e. The fourth-order valence-electron chi connectivity index (χ4n) is 3.55. The van der Waals surface area contributed by atoms with Gasteiger partial charge in [-0.15, -0.1) is 0 Å². The minimum atomic E-state index is -0.416. The highest BCUT2D eigenvalue weighted by Crippen LogP contribution is 2.28. The first-order chi connectivity index (χ1) is 15.1. The molecule has 0 unspecified atom stereocenters. The Bertz CT molecular complexity index is 1130. The molecule has 1 aliphatic rings. The van der Waals surface area contributed by atoms with Gasteiger partial charge in [-0.25, -0.2) is 4.79 Å². The van der Waals surface area contributed by atoms with Crippen LogP contribution in [0.1, 0.15) is 49.1 Å². The van der Waals surface area contributed by atoms with Crippen LogP contribution in [0.4, 0.5) is 5.69 Å². The lowest BCUT2D eigenvalue weighted by atomic mass is 10.0. The fourth-order valence-corrected chi connectivity index (χ4v) is 3.55. The van der Waals surface area contributed by atoms with Gasteiger partial charge in [-0.1, -0.05) is 18.2 Å². The van der Waals surface area contributed by atoms with Gasteiger partial charge in [-0.3, -0.25) is 14.6 Å². The van der Waals surface area contributed by atoms with Crippen molar-refractivity contribution in [3.63, 3.8) is 0 Å². The van der Waals surface area contributed by atoms with Gasteiger partial charge < -0.3 is 15.0 Å². The van der Waals surface area contributed by atoms with E-state index >= 15 is 0 Å². The topological polar surface area (TPSA) is 88.6 Å². The molecule has 7 nitrogen and oxygen atoms in total. The average Bonchev–Trinajstić information content (AvgIpc) is 3.10. The molecule has 0 spiro atoms. The number of carbonyl (C=O) groups excluding carboxylic acids is 3. The summed E-state index contributed by atoms with van der Waals surface area (Å²) < 4.78 is 4.96. The van der Waals surface area contributed by atoms with E-state index < -0.39 is 5.97 Å². The number of nitrogens with one attached hydrogen (secondary N) is 1. The molecular weight excluding hydrogens is 394 g/mol. The summed E-state index contributed by atoms with van der Waals surface area (Å²) in [6, 6.07) is 15.5. The van der Waals surface area contributed by atoms with Gasteiger partial charge in [0.15, 0.2) is 0 Å². The third-order valence-electron chi connectivity index (χ3n) is 5.01. The number of nitrogens with zero attached hydrogens (tertiary/aromatic N) is 2. The molecule has 0 aliphatic carbocycles. The number of rotatable bonds is 6. The molecule has 2 aromatic carbocycles. The Morgan fingerprint density at radius 2 is 1.90 bits per heavy atom. The molecule has 1 aliphatic heterocycles. The first-order valence-corrected chi connectivity index (χ1v) is 9.95. The Morgan fingerprint density at radius 1 is 1.10 bits per heavy atom. The zero-order chi connectivity index (χ0) is 21.8. The maximum absolute atomic E-state index is 13.0. The number of fused-ring (bicyclic) bond motifs is 1.